The molecule has 2 heteroatoms. The zero-order chi connectivity index (χ0) is 38.1. The Kier molecular flexibility index (Phi) is 10.8. The minimum Gasteiger partial charge on any atom is -0.149 e. The molecule has 0 atom stereocenters. The smallest absolute Gasteiger partial charge is 0.0429 e. The first-order valence-electron chi connectivity index (χ1n) is 18.5. The molecule has 0 aliphatic rings. The Hall–Kier alpha value is -3.46. The van der Waals surface area contributed by atoms with Gasteiger partial charge in [-0.2, -0.15) is 0 Å². The second-order valence-electron chi connectivity index (χ2n) is 15.5. The lowest BCUT2D eigenvalue weighted by Gasteiger charge is -2.22. The molecule has 0 saturated heterocycles. The van der Waals surface area contributed by atoms with Crippen LogP contribution < -0.4 is 0 Å². The van der Waals surface area contributed by atoms with E-state index in [0.717, 1.165) is 0 Å². The summed E-state index contributed by atoms with van der Waals surface area (Å²) in [6.45, 7) is 43.2. The van der Waals surface area contributed by atoms with E-state index in [-0.39, 0.29) is 0 Å². The summed E-state index contributed by atoms with van der Waals surface area (Å²) in [5.74, 6) is 0. The van der Waals surface area contributed by atoms with Crippen molar-refractivity contribution in [1.82, 2.24) is 0 Å². The van der Waals surface area contributed by atoms with E-state index < -0.39 is 0 Å². The van der Waals surface area contributed by atoms with Crippen LogP contribution in [0.3, 0.4) is 0 Å². The fourth-order valence-electron chi connectivity index (χ4n) is 8.67. The van der Waals surface area contributed by atoms with E-state index in [2.05, 4.69) is 149 Å². The summed E-state index contributed by atoms with van der Waals surface area (Å²) in [4.78, 5) is 4.20. The molecule has 0 radical (unpaired) electrons. The molecule has 6 aromatic rings. The highest BCUT2D eigenvalue weighted by Crippen LogP contribution is 2.47. The van der Waals surface area contributed by atoms with Crippen LogP contribution in [0.4, 0.5) is 0 Å². The van der Waals surface area contributed by atoms with Crippen molar-refractivity contribution in [3.05, 3.63) is 122 Å². The van der Waals surface area contributed by atoms with Crippen LogP contribution in [-0.4, -0.2) is 0 Å². The Morgan fingerprint density at radius 3 is 1.10 bits per heavy atom. The maximum absolute atomic E-state index is 2.41. The average Bonchev–Trinajstić information content (AvgIpc) is 3.69. The second-order valence-corrected chi connectivity index (χ2v) is 17.9. The van der Waals surface area contributed by atoms with Crippen molar-refractivity contribution in [2.24, 2.45) is 0 Å². The van der Waals surface area contributed by atoms with Crippen LogP contribution in [0.1, 0.15) is 104 Å². The van der Waals surface area contributed by atoms with E-state index in [1.54, 1.807) is 0 Å². The fraction of sp³-hybridized carbons (Fsp3) is 0.388. The second kappa shape index (κ2) is 14.2. The summed E-state index contributed by atoms with van der Waals surface area (Å²) >= 11 is 3.79. The Balaban J connectivity index is 0.000000201. The first-order chi connectivity index (χ1) is 23.7. The van der Waals surface area contributed by atoms with Gasteiger partial charge in [0.1, 0.15) is 0 Å². The summed E-state index contributed by atoms with van der Waals surface area (Å²) < 4.78 is 0. The highest BCUT2D eigenvalue weighted by Gasteiger charge is 2.23. The van der Waals surface area contributed by atoms with Crippen LogP contribution >= 0.6 is 22.7 Å². The van der Waals surface area contributed by atoms with E-state index in [1.165, 1.54) is 148 Å². The van der Waals surface area contributed by atoms with Gasteiger partial charge < -0.3 is 0 Å². The van der Waals surface area contributed by atoms with Gasteiger partial charge in [0.25, 0.3) is 0 Å². The van der Waals surface area contributed by atoms with Crippen LogP contribution in [0, 0.1) is 132 Å². The summed E-state index contributed by atoms with van der Waals surface area (Å²) in [5, 5.41) is 5.24. The monoisotopic (exact) mass is 712 g/mol. The number of benzene rings is 4. The fourth-order valence-corrected chi connectivity index (χ4v) is 10.5. The molecule has 0 saturated carbocycles. The Labute approximate surface area is 318 Å². The van der Waals surface area contributed by atoms with Gasteiger partial charge in [-0.1, -0.05) is 0 Å². The van der Waals surface area contributed by atoms with Gasteiger partial charge in [-0.05, 0) is 277 Å². The molecular formula is C49H60S2. The van der Waals surface area contributed by atoms with E-state index in [4.69, 9.17) is 0 Å². The van der Waals surface area contributed by atoms with Crippen LogP contribution in [0.5, 0.6) is 0 Å². The van der Waals surface area contributed by atoms with Crippen molar-refractivity contribution in [3.8, 4) is 32.7 Å². The zero-order valence-corrected chi connectivity index (χ0v) is 36.7. The third kappa shape index (κ3) is 6.25. The SMILES string of the molecule is Cc1cc(-c2c(C)c(C)c(C)c(C)c2C)c(-c2c(C)c(C)c(C)c(C)c2C)s1.Cc1cc(-c2c(C)c(C)c3c(C)c(C)c(C)c(C)c3c2C)cs1. The van der Waals surface area contributed by atoms with Crippen LogP contribution in [-0.2, 0) is 0 Å². The van der Waals surface area contributed by atoms with Gasteiger partial charge in [0.15, 0.2) is 0 Å². The summed E-state index contributed by atoms with van der Waals surface area (Å²) in [6, 6.07) is 4.74. The van der Waals surface area contributed by atoms with Gasteiger partial charge in [-0.15, -0.1) is 22.7 Å². The number of aryl methyl sites for hydroxylation is 6. The molecule has 0 nitrogen and oxygen atoms in total. The third-order valence-corrected chi connectivity index (χ3v) is 15.1. The quantitative estimate of drug-likeness (QED) is 0.171. The first kappa shape index (κ1) is 38.8. The van der Waals surface area contributed by atoms with Crippen molar-refractivity contribution in [2.45, 2.75) is 132 Å². The molecular weight excluding hydrogens is 653 g/mol. The van der Waals surface area contributed by atoms with Crippen molar-refractivity contribution in [1.29, 1.82) is 0 Å². The number of fused-ring (bicyclic) bond motifs is 1. The van der Waals surface area contributed by atoms with Crippen LogP contribution in [0.25, 0.3) is 43.5 Å². The number of rotatable bonds is 3. The van der Waals surface area contributed by atoms with Gasteiger partial charge in [0.05, 0.1) is 0 Å². The number of hydrogen-bond acceptors (Lipinski definition) is 2. The minimum atomic E-state index is 1.38. The average molecular weight is 713 g/mol. The van der Waals surface area contributed by atoms with Gasteiger partial charge in [0, 0.05) is 20.2 Å². The van der Waals surface area contributed by atoms with Crippen LogP contribution in [0.2, 0.25) is 0 Å². The normalized spacial score (nSPS) is 11.4. The molecule has 51 heavy (non-hydrogen) atoms. The maximum Gasteiger partial charge on any atom is 0.0429 e. The van der Waals surface area contributed by atoms with Crippen molar-refractivity contribution in [2.75, 3.05) is 0 Å². The van der Waals surface area contributed by atoms with E-state index in [1.807, 2.05) is 22.7 Å². The Bertz CT molecular complexity index is 2240. The van der Waals surface area contributed by atoms with Gasteiger partial charge in [-0.25, -0.2) is 0 Å². The van der Waals surface area contributed by atoms with E-state index >= 15 is 0 Å². The van der Waals surface area contributed by atoms with E-state index in [9.17, 15) is 0 Å². The number of hydrogen-bond donors (Lipinski definition) is 0. The topological polar surface area (TPSA) is 0 Å². The van der Waals surface area contributed by atoms with Crippen LogP contribution in [0.15, 0.2) is 17.5 Å². The maximum atomic E-state index is 2.41. The molecule has 4 aromatic carbocycles. The molecule has 2 heterocycles. The molecule has 0 unspecified atom stereocenters. The number of thiophene rings is 2. The van der Waals surface area contributed by atoms with E-state index in [0.29, 0.717) is 0 Å². The Morgan fingerprint density at radius 2 is 0.667 bits per heavy atom. The zero-order valence-electron chi connectivity index (χ0n) is 35.0. The minimum absolute atomic E-state index is 1.38. The lowest BCUT2D eigenvalue weighted by Crippen LogP contribution is -2.02. The predicted octanol–water partition coefficient (Wildman–Crippen LogP) is 15.5. The molecule has 6 rings (SSSR count). The molecule has 268 valence electrons. The predicted molar refractivity (Wildman–Crippen MR) is 232 cm³/mol. The molecule has 0 N–H and O–H groups in total. The largest absolute Gasteiger partial charge is 0.149 e. The molecule has 0 amide bonds. The van der Waals surface area contributed by atoms with Crippen molar-refractivity contribution >= 4 is 33.4 Å². The lowest BCUT2D eigenvalue weighted by atomic mass is 9.82. The molecule has 0 fully saturated rings. The molecule has 0 spiro atoms. The summed E-state index contributed by atoms with van der Waals surface area (Å²) in [6.07, 6.45) is 0. The molecule has 0 bridgehead atoms. The Morgan fingerprint density at radius 1 is 0.314 bits per heavy atom. The molecule has 0 aliphatic carbocycles. The van der Waals surface area contributed by atoms with Gasteiger partial charge >= 0.3 is 0 Å². The van der Waals surface area contributed by atoms with Crippen molar-refractivity contribution < 1.29 is 0 Å². The standard InChI is InChI=1S/C27H34S.C22H26S/c1-13-12-24(25-20(8)16(4)14(2)17(5)21(25)9)27(28-13)26-22(10)18(6)15(3)19(7)23(26)11;1-11-9-19(10-23-11)20-16(6)17(7)21-14(4)12(2)13(3)15(5)22(21)18(20)8/h12H,1-11H3;9-10H,1-8H3. The first-order valence-corrected chi connectivity index (χ1v) is 20.2. The third-order valence-electron chi connectivity index (χ3n) is 13.1. The lowest BCUT2D eigenvalue weighted by molar-refractivity contribution is 1.17. The highest BCUT2D eigenvalue weighted by atomic mass is 32.1. The molecule has 0 aliphatic heterocycles. The highest BCUT2D eigenvalue weighted by molar-refractivity contribution is 7.16. The van der Waals surface area contributed by atoms with Gasteiger partial charge in [-0.3, -0.25) is 0 Å². The summed E-state index contributed by atoms with van der Waals surface area (Å²) in [7, 11) is 0. The van der Waals surface area contributed by atoms with Gasteiger partial charge in [0.2, 0.25) is 0 Å². The molecule has 2 aromatic heterocycles. The van der Waals surface area contributed by atoms with Crippen molar-refractivity contribution in [3.63, 3.8) is 0 Å². The summed E-state index contributed by atoms with van der Waals surface area (Å²) in [5.41, 5.74) is 31.5.